The van der Waals surface area contributed by atoms with E-state index in [0.29, 0.717) is 40.5 Å². The summed E-state index contributed by atoms with van der Waals surface area (Å²) in [6, 6.07) is 12.9. The fourth-order valence-corrected chi connectivity index (χ4v) is 3.93. The molecule has 0 spiro atoms. The fourth-order valence-electron chi connectivity index (χ4n) is 3.44. The number of rotatable bonds is 3. The zero-order valence-electron chi connectivity index (χ0n) is 15.9. The Hall–Kier alpha value is -2.57. The summed E-state index contributed by atoms with van der Waals surface area (Å²) in [4.78, 5) is 18.9. The molecule has 2 heterocycles. The molecule has 1 fully saturated rings. The number of carbonyl (C=O) groups excluding carboxylic acids is 1. The molecular formula is C21H20Cl2N4O2. The zero-order chi connectivity index (χ0) is 20.4. The van der Waals surface area contributed by atoms with E-state index < -0.39 is 0 Å². The first-order valence-electron chi connectivity index (χ1n) is 9.42. The van der Waals surface area contributed by atoms with Gasteiger partial charge in [-0.1, -0.05) is 58.2 Å². The Kier molecular flexibility index (Phi) is 5.74. The number of anilines is 1. The van der Waals surface area contributed by atoms with Crippen LogP contribution < -0.4 is 5.32 Å². The van der Waals surface area contributed by atoms with E-state index >= 15 is 0 Å². The monoisotopic (exact) mass is 430 g/mol. The van der Waals surface area contributed by atoms with Crippen molar-refractivity contribution in [3.63, 3.8) is 0 Å². The first kappa shape index (κ1) is 19.7. The van der Waals surface area contributed by atoms with Gasteiger partial charge in [0.15, 0.2) is 0 Å². The summed E-state index contributed by atoms with van der Waals surface area (Å²) >= 11 is 12.3. The largest absolute Gasteiger partial charge is 0.339 e. The number of aromatic nitrogens is 2. The van der Waals surface area contributed by atoms with Gasteiger partial charge in [-0.05, 0) is 38.0 Å². The van der Waals surface area contributed by atoms with Crippen LogP contribution in [0.3, 0.4) is 0 Å². The van der Waals surface area contributed by atoms with Crippen molar-refractivity contribution in [1.82, 2.24) is 15.0 Å². The lowest BCUT2D eigenvalue weighted by atomic mass is 9.97. The van der Waals surface area contributed by atoms with E-state index in [1.807, 2.05) is 31.2 Å². The molecule has 0 aliphatic carbocycles. The number of hydrogen-bond acceptors (Lipinski definition) is 4. The van der Waals surface area contributed by atoms with Crippen molar-refractivity contribution in [1.29, 1.82) is 0 Å². The summed E-state index contributed by atoms with van der Waals surface area (Å²) < 4.78 is 5.51. The predicted molar refractivity (Wildman–Crippen MR) is 113 cm³/mol. The molecule has 1 saturated heterocycles. The van der Waals surface area contributed by atoms with Crippen LogP contribution in [-0.4, -0.2) is 34.2 Å². The van der Waals surface area contributed by atoms with Gasteiger partial charge in [0.2, 0.25) is 11.7 Å². The van der Waals surface area contributed by atoms with Crippen LogP contribution in [0.4, 0.5) is 10.5 Å². The maximum Gasteiger partial charge on any atom is 0.321 e. The smallest absolute Gasteiger partial charge is 0.321 e. The number of aryl methyl sites for hydroxylation is 1. The molecule has 0 unspecified atom stereocenters. The second kappa shape index (κ2) is 8.43. The minimum atomic E-state index is -0.218. The molecule has 1 N–H and O–H groups in total. The molecule has 8 heteroatoms. The lowest BCUT2D eigenvalue weighted by Crippen LogP contribution is -2.40. The van der Waals surface area contributed by atoms with E-state index in [2.05, 4.69) is 15.5 Å². The maximum absolute atomic E-state index is 12.6. The summed E-state index contributed by atoms with van der Waals surface area (Å²) in [6.07, 6.45) is 1.50. The third-order valence-corrected chi connectivity index (χ3v) is 5.67. The number of nitrogens with one attached hydrogen (secondary N) is 1. The minimum Gasteiger partial charge on any atom is -0.339 e. The van der Waals surface area contributed by atoms with E-state index in [9.17, 15) is 4.79 Å². The van der Waals surface area contributed by atoms with Gasteiger partial charge < -0.3 is 14.7 Å². The first-order valence-corrected chi connectivity index (χ1v) is 10.2. The minimum absolute atomic E-state index is 0.133. The lowest BCUT2D eigenvalue weighted by Gasteiger charge is -2.30. The highest BCUT2D eigenvalue weighted by Gasteiger charge is 2.28. The number of piperidine rings is 1. The number of benzene rings is 2. The first-order chi connectivity index (χ1) is 14.0. The Morgan fingerprint density at radius 1 is 1.14 bits per heavy atom. The Balaban J connectivity index is 1.38. The zero-order valence-corrected chi connectivity index (χ0v) is 17.4. The molecule has 1 aliphatic heterocycles. The van der Waals surface area contributed by atoms with Gasteiger partial charge in [0, 0.05) is 24.6 Å². The Morgan fingerprint density at radius 2 is 1.83 bits per heavy atom. The molecule has 3 aromatic rings. The van der Waals surface area contributed by atoms with Crippen LogP contribution in [0.5, 0.6) is 0 Å². The molecule has 1 aliphatic rings. The molecular weight excluding hydrogens is 411 g/mol. The van der Waals surface area contributed by atoms with Gasteiger partial charge in [0.25, 0.3) is 0 Å². The molecule has 6 nitrogen and oxygen atoms in total. The van der Waals surface area contributed by atoms with E-state index in [4.69, 9.17) is 27.7 Å². The number of likely N-dealkylation sites (tertiary alicyclic amines) is 1. The molecule has 2 aromatic carbocycles. The summed E-state index contributed by atoms with van der Waals surface area (Å²) in [6.45, 7) is 3.20. The number of carbonyl (C=O) groups is 1. The highest BCUT2D eigenvalue weighted by Crippen LogP contribution is 2.32. The van der Waals surface area contributed by atoms with Crippen molar-refractivity contribution >= 4 is 34.9 Å². The average molecular weight is 431 g/mol. The Bertz CT molecular complexity index is 1010. The number of hydrogen-bond donors (Lipinski definition) is 1. The lowest BCUT2D eigenvalue weighted by molar-refractivity contribution is 0.187. The second-order valence-electron chi connectivity index (χ2n) is 7.11. The van der Waals surface area contributed by atoms with Crippen LogP contribution >= 0.6 is 23.2 Å². The maximum atomic E-state index is 12.6. The molecule has 0 bridgehead atoms. The Labute approximate surface area is 178 Å². The molecule has 4 rings (SSSR count). The standard InChI is InChI=1S/C21H20Cl2N4O2/c1-13-4-2-5-15(12-13)19-25-20(29-26-19)14-8-10-27(11-9-14)21(28)24-18-16(22)6-3-7-17(18)23/h2-7,12,14H,8-11H2,1H3,(H,24,28). The van der Waals surface area contributed by atoms with Crippen molar-refractivity contribution in [3.8, 4) is 11.4 Å². The van der Waals surface area contributed by atoms with Gasteiger partial charge in [0.05, 0.1) is 15.7 Å². The van der Waals surface area contributed by atoms with Crippen LogP contribution in [0.15, 0.2) is 47.0 Å². The molecule has 0 saturated carbocycles. The summed E-state index contributed by atoms with van der Waals surface area (Å²) in [5, 5.41) is 7.75. The SMILES string of the molecule is Cc1cccc(-c2noc(C3CCN(C(=O)Nc4c(Cl)cccc4Cl)CC3)n2)c1. The van der Waals surface area contributed by atoms with E-state index in [1.165, 1.54) is 0 Å². The molecule has 2 amide bonds. The molecule has 1 aromatic heterocycles. The molecule has 29 heavy (non-hydrogen) atoms. The summed E-state index contributed by atoms with van der Waals surface area (Å²) in [5.41, 5.74) is 2.52. The summed E-state index contributed by atoms with van der Waals surface area (Å²) in [7, 11) is 0. The van der Waals surface area contributed by atoms with Crippen LogP contribution in [0.2, 0.25) is 10.0 Å². The molecule has 0 atom stereocenters. The molecule has 0 radical (unpaired) electrons. The van der Waals surface area contributed by atoms with Gasteiger partial charge in [-0.25, -0.2) is 4.79 Å². The van der Waals surface area contributed by atoms with Crippen molar-refractivity contribution in [2.45, 2.75) is 25.7 Å². The number of halogens is 2. The van der Waals surface area contributed by atoms with E-state index in [1.54, 1.807) is 23.1 Å². The van der Waals surface area contributed by atoms with Crippen LogP contribution in [0.25, 0.3) is 11.4 Å². The number of nitrogens with zero attached hydrogens (tertiary/aromatic N) is 3. The van der Waals surface area contributed by atoms with Crippen molar-refractivity contribution in [3.05, 3.63) is 64.0 Å². The van der Waals surface area contributed by atoms with E-state index in [-0.39, 0.29) is 11.9 Å². The highest BCUT2D eigenvalue weighted by atomic mass is 35.5. The van der Waals surface area contributed by atoms with Crippen LogP contribution in [0, 0.1) is 6.92 Å². The van der Waals surface area contributed by atoms with Gasteiger partial charge in [-0.2, -0.15) is 4.98 Å². The summed E-state index contributed by atoms with van der Waals surface area (Å²) in [5.74, 6) is 1.35. The van der Waals surface area contributed by atoms with Crippen molar-refractivity contribution in [2.75, 3.05) is 18.4 Å². The number of amides is 2. The molecule has 150 valence electrons. The van der Waals surface area contributed by atoms with Gasteiger partial charge >= 0.3 is 6.03 Å². The highest BCUT2D eigenvalue weighted by molar-refractivity contribution is 6.39. The van der Waals surface area contributed by atoms with Crippen molar-refractivity contribution in [2.24, 2.45) is 0 Å². The van der Waals surface area contributed by atoms with Gasteiger partial charge in [-0.15, -0.1) is 0 Å². The van der Waals surface area contributed by atoms with Crippen LogP contribution in [0.1, 0.15) is 30.2 Å². The van der Waals surface area contributed by atoms with Crippen LogP contribution in [-0.2, 0) is 0 Å². The van der Waals surface area contributed by atoms with Crippen molar-refractivity contribution < 1.29 is 9.32 Å². The number of para-hydroxylation sites is 1. The number of urea groups is 1. The topological polar surface area (TPSA) is 71.3 Å². The normalized spacial score (nSPS) is 14.8. The second-order valence-corrected chi connectivity index (χ2v) is 7.93. The van der Waals surface area contributed by atoms with E-state index in [0.717, 1.165) is 24.0 Å². The predicted octanol–water partition coefficient (Wildman–Crippen LogP) is 5.76. The quantitative estimate of drug-likeness (QED) is 0.572. The third kappa shape index (κ3) is 4.38. The Morgan fingerprint density at radius 3 is 2.52 bits per heavy atom. The third-order valence-electron chi connectivity index (χ3n) is 5.04. The fraction of sp³-hybridized carbons (Fsp3) is 0.286. The average Bonchev–Trinajstić information content (AvgIpc) is 3.21. The van der Waals surface area contributed by atoms with Gasteiger partial charge in [0.1, 0.15) is 0 Å². The van der Waals surface area contributed by atoms with Gasteiger partial charge in [-0.3, -0.25) is 0 Å².